The van der Waals surface area contributed by atoms with Crippen LogP contribution in [0.25, 0.3) is 5.65 Å². The molecule has 1 aromatic carbocycles. The number of thioether (sulfide) groups is 1. The maximum atomic E-state index is 6.01. The summed E-state index contributed by atoms with van der Waals surface area (Å²) >= 11 is 7.61. The minimum absolute atomic E-state index is 0.245. The molecule has 1 unspecified atom stereocenters. The summed E-state index contributed by atoms with van der Waals surface area (Å²) in [6, 6.07) is 13.3. The molecule has 0 aliphatic heterocycles. The first-order chi connectivity index (χ1) is 13.1. The molecule has 8 heteroatoms. The zero-order valence-corrected chi connectivity index (χ0v) is 16.5. The molecule has 3 aromatic heterocycles. The summed E-state index contributed by atoms with van der Waals surface area (Å²) < 4.78 is 9.91. The molecule has 0 bridgehead atoms. The van der Waals surface area contributed by atoms with Crippen LogP contribution >= 0.6 is 23.4 Å². The van der Waals surface area contributed by atoms with E-state index in [1.54, 1.807) is 17.8 Å². The Bertz CT molecular complexity index is 1040. The molecule has 0 saturated heterocycles. The van der Waals surface area contributed by atoms with Crippen LogP contribution in [-0.2, 0) is 12.8 Å². The number of hydrogen-bond acceptors (Lipinski definition) is 5. The van der Waals surface area contributed by atoms with E-state index in [1.807, 2.05) is 71.7 Å². The Labute approximate surface area is 166 Å². The number of fused-ring (bicyclic) bond motifs is 1. The first kappa shape index (κ1) is 17.9. The average molecular weight is 400 g/mol. The topological polar surface area (TPSA) is 57.2 Å². The summed E-state index contributed by atoms with van der Waals surface area (Å²) in [6.07, 6.45) is 3.78. The van der Waals surface area contributed by atoms with Gasteiger partial charge in [0.15, 0.2) is 17.1 Å². The zero-order chi connectivity index (χ0) is 18.8. The number of benzene rings is 1. The highest BCUT2D eigenvalue weighted by molar-refractivity contribution is 7.98. The molecule has 4 rings (SSSR count). The van der Waals surface area contributed by atoms with Gasteiger partial charge in [0.1, 0.15) is 11.4 Å². The van der Waals surface area contributed by atoms with Crippen LogP contribution in [0.15, 0.2) is 60.0 Å². The lowest BCUT2D eigenvalue weighted by atomic mass is 10.3. The Morgan fingerprint density at radius 2 is 2.07 bits per heavy atom. The van der Waals surface area contributed by atoms with Gasteiger partial charge < -0.3 is 13.7 Å². The molecule has 0 radical (unpaired) electrons. The van der Waals surface area contributed by atoms with Crippen LogP contribution in [0, 0.1) is 0 Å². The van der Waals surface area contributed by atoms with Crippen molar-refractivity contribution < 1.29 is 4.74 Å². The SMILES string of the molecule is CC(Oc1cccc(Cl)c1)c1nnc(SCc2cn3ccccc3n2)n1C. The normalized spacial score (nSPS) is 12.4. The van der Waals surface area contributed by atoms with Crippen LogP contribution in [0.5, 0.6) is 5.75 Å². The molecule has 27 heavy (non-hydrogen) atoms. The fraction of sp³-hybridized carbons (Fsp3) is 0.211. The van der Waals surface area contributed by atoms with Gasteiger partial charge in [0.2, 0.25) is 0 Å². The standard InChI is InChI=1S/C19H18ClN5OS/c1-13(26-16-7-5-6-14(20)10-16)18-22-23-19(24(18)2)27-12-15-11-25-9-4-3-8-17(25)21-15/h3-11,13H,12H2,1-2H3. The van der Waals surface area contributed by atoms with Crippen molar-refractivity contribution in [3.8, 4) is 5.75 Å². The second kappa shape index (κ2) is 7.62. The molecule has 6 nitrogen and oxygen atoms in total. The maximum Gasteiger partial charge on any atom is 0.191 e. The number of rotatable bonds is 6. The van der Waals surface area contributed by atoms with E-state index in [9.17, 15) is 0 Å². The van der Waals surface area contributed by atoms with Crippen LogP contribution in [0.2, 0.25) is 5.02 Å². The van der Waals surface area contributed by atoms with E-state index >= 15 is 0 Å². The van der Waals surface area contributed by atoms with Gasteiger partial charge in [-0.2, -0.15) is 0 Å². The maximum absolute atomic E-state index is 6.01. The van der Waals surface area contributed by atoms with Gasteiger partial charge in [0.05, 0.1) is 5.69 Å². The van der Waals surface area contributed by atoms with Gasteiger partial charge in [-0.05, 0) is 37.3 Å². The van der Waals surface area contributed by atoms with Crippen LogP contribution in [0.3, 0.4) is 0 Å². The highest BCUT2D eigenvalue weighted by Crippen LogP contribution is 2.26. The fourth-order valence-electron chi connectivity index (χ4n) is 2.80. The molecule has 0 amide bonds. The second-order valence-corrected chi connectivity index (χ2v) is 7.48. The minimum Gasteiger partial charge on any atom is -0.483 e. The van der Waals surface area contributed by atoms with Crippen molar-refractivity contribution in [1.29, 1.82) is 0 Å². The van der Waals surface area contributed by atoms with E-state index < -0.39 is 0 Å². The van der Waals surface area contributed by atoms with Crippen molar-refractivity contribution in [1.82, 2.24) is 24.1 Å². The molecule has 0 fully saturated rings. The van der Waals surface area contributed by atoms with Crippen molar-refractivity contribution >= 4 is 29.0 Å². The lowest BCUT2D eigenvalue weighted by Crippen LogP contribution is -2.10. The lowest BCUT2D eigenvalue weighted by molar-refractivity contribution is 0.211. The number of halogens is 1. The second-order valence-electron chi connectivity index (χ2n) is 6.10. The highest BCUT2D eigenvalue weighted by atomic mass is 35.5. The van der Waals surface area contributed by atoms with Crippen molar-refractivity contribution in [2.75, 3.05) is 0 Å². The molecule has 4 aromatic rings. The van der Waals surface area contributed by atoms with Crippen molar-refractivity contribution in [3.63, 3.8) is 0 Å². The first-order valence-corrected chi connectivity index (χ1v) is 9.83. The van der Waals surface area contributed by atoms with E-state index in [-0.39, 0.29) is 6.10 Å². The summed E-state index contributed by atoms with van der Waals surface area (Å²) in [6.45, 7) is 1.95. The predicted octanol–water partition coefficient (Wildman–Crippen LogP) is 4.55. The summed E-state index contributed by atoms with van der Waals surface area (Å²) in [5, 5.41) is 10.1. The largest absolute Gasteiger partial charge is 0.483 e. The molecule has 0 N–H and O–H groups in total. The van der Waals surface area contributed by atoms with Gasteiger partial charge >= 0.3 is 0 Å². The van der Waals surface area contributed by atoms with E-state index in [0.29, 0.717) is 10.8 Å². The molecule has 0 aliphatic carbocycles. The summed E-state index contributed by atoms with van der Waals surface area (Å²) in [7, 11) is 1.94. The third kappa shape index (κ3) is 3.94. The van der Waals surface area contributed by atoms with Crippen molar-refractivity contribution in [2.24, 2.45) is 7.05 Å². The van der Waals surface area contributed by atoms with Crippen molar-refractivity contribution in [3.05, 3.63) is 71.4 Å². The zero-order valence-electron chi connectivity index (χ0n) is 14.9. The molecule has 0 saturated carbocycles. The van der Waals surface area contributed by atoms with Gasteiger partial charge in [0, 0.05) is 30.2 Å². The van der Waals surface area contributed by atoms with E-state index in [2.05, 4.69) is 15.2 Å². The Balaban J connectivity index is 1.45. The molecule has 1 atom stereocenters. The molecular weight excluding hydrogens is 382 g/mol. The number of imidazole rings is 1. The van der Waals surface area contributed by atoms with Gasteiger partial charge in [-0.1, -0.05) is 35.5 Å². The number of nitrogens with zero attached hydrogens (tertiary/aromatic N) is 5. The minimum atomic E-state index is -0.245. The molecule has 138 valence electrons. The monoisotopic (exact) mass is 399 g/mol. The Hall–Kier alpha value is -2.51. The predicted molar refractivity (Wildman–Crippen MR) is 106 cm³/mol. The third-order valence-electron chi connectivity index (χ3n) is 4.10. The van der Waals surface area contributed by atoms with E-state index in [4.69, 9.17) is 16.3 Å². The summed E-state index contributed by atoms with van der Waals surface area (Å²) in [4.78, 5) is 4.61. The quantitative estimate of drug-likeness (QED) is 0.445. The highest BCUT2D eigenvalue weighted by Gasteiger charge is 2.17. The summed E-state index contributed by atoms with van der Waals surface area (Å²) in [5.74, 6) is 2.18. The molecule has 0 aliphatic rings. The molecular formula is C19H18ClN5OS. The number of ether oxygens (including phenoxy) is 1. The van der Waals surface area contributed by atoms with Crippen LogP contribution in [0.1, 0.15) is 24.5 Å². The molecule has 3 heterocycles. The number of pyridine rings is 1. The number of aromatic nitrogens is 5. The van der Waals surface area contributed by atoms with E-state index in [1.165, 1.54) is 0 Å². The van der Waals surface area contributed by atoms with Crippen LogP contribution < -0.4 is 4.74 Å². The third-order valence-corrected chi connectivity index (χ3v) is 5.39. The van der Waals surface area contributed by atoms with Gasteiger partial charge in [0.25, 0.3) is 0 Å². The van der Waals surface area contributed by atoms with Crippen molar-refractivity contribution in [2.45, 2.75) is 23.9 Å². The van der Waals surface area contributed by atoms with Gasteiger partial charge in [-0.25, -0.2) is 4.98 Å². The van der Waals surface area contributed by atoms with Crippen LogP contribution in [-0.4, -0.2) is 24.1 Å². The van der Waals surface area contributed by atoms with Gasteiger partial charge in [-0.3, -0.25) is 0 Å². The van der Waals surface area contributed by atoms with Crippen LogP contribution in [0.4, 0.5) is 0 Å². The fourth-order valence-corrected chi connectivity index (χ4v) is 3.78. The lowest BCUT2D eigenvalue weighted by Gasteiger charge is -2.14. The first-order valence-electron chi connectivity index (χ1n) is 8.47. The summed E-state index contributed by atoms with van der Waals surface area (Å²) in [5.41, 5.74) is 1.94. The van der Waals surface area contributed by atoms with Gasteiger partial charge in [-0.15, -0.1) is 10.2 Å². The molecule has 0 spiro atoms. The average Bonchev–Trinajstić information content (AvgIpc) is 3.23. The Morgan fingerprint density at radius 3 is 2.89 bits per heavy atom. The Morgan fingerprint density at radius 1 is 1.19 bits per heavy atom. The Kier molecular flexibility index (Phi) is 5.05. The van der Waals surface area contributed by atoms with E-state index in [0.717, 1.165) is 28.1 Å². The smallest absolute Gasteiger partial charge is 0.191 e. The number of hydrogen-bond donors (Lipinski definition) is 0.